The van der Waals surface area contributed by atoms with E-state index in [2.05, 4.69) is 39.6 Å². The van der Waals surface area contributed by atoms with E-state index in [1.54, 1.807) is 0 Å². The number of unbranched alkanes of at least 4 members (excludes halogenated alkanes) is 22. The van der Waals surface area contributed by atoms with Crippen molar-refractivity contribution in [2.75, 3.05) is 52.6 Å². The first-order valence-corrected chi connectivity index (χ1v) is 25.4. The first-order valence-electron chi connectivity index (χ1n) is 24.6. The summed E-state index contributed by atoms with van der Waals surface area (Å²) in [6.07, 6.45) is 32.1. The van der Waals surface area contributed by atoms with E-state index in [4.69, 9.17) is 9.47 Å². The van der Waals surface area contributed by atoms with E-state index in [1.807, 2.05) is 0 Å². The van der Waals surface area contributed by atoms with E-state index in [9.17, 15) is 29.9 Å². The van der Waals surface area contributed by atoms with Crippen molar-refractivity contribution in [3.8, 4) is 0 Å². The van der Waals surface area contributed by atoms with Gasteiger partial charge in [0.05, 0.1) is 37.1 Å². The average Bonchev–Trinajstić information content (AvgIpc) is 3.23. The molecule has 1 heterocycles. The number of ether oxygens (including phenoxy) is 2. The van der Waals surface area contributed by atoms with Crippen LogP contribution in [-0.2, 0) is 19.1 Å². The lowest BCUT2D eigenvalue weighted by molar-refractivity contribution is -0.540. The number of hydrogen-bond acceptors (Lipinski definition) is 10. The summed E-state index contributed by atoms with van der Waals surface area (Å²) in [5.41, 5.74) is 0. The van der Waals surface area contributed by atoms with Crippen LogP contribution in [0, 0.1) is 22.0 Å². The second-order valence-electron chi connectivity index (χ2n) is 17.9. The monoisotopic (exact) mass is 902 g/mol. The number of fused-ring (bicyclic) bond motifs is 1. The molecule has 1 saturated heterocycles. The Labute approximate surface area is 368 Å². The van der Waals surface area contributed by atoms with Gasteiger partial charge in [0.2, 0.25) is 0 Å². The number of rotatable bonds is 33. The lowest BCUT2D eigenvalue weighted by Crippen LogP contribution is -2.51. The minimum Gasteiger partial charge on any atom is -0.464 e. The number of carbonyl (C=O) groups excluding carboxylic acids is 2. The second-order valence-corrected chi connectivity index (χ2v) is 19.4. The molecule has 0 aromatic heterocycles. The molecule has 11 nitrogen and oxygen atoms in total. The van der Waals surface area contributed by atoms with Crippen molar-refractivity contribution in [2.45, 2.75) is 223 Å². The zero-order valence-corrected chi connectivity index (χ0v) is 39.3. The van der Waals surface area contributed by atoms with Gasteiger partial charge in [0.25, 0.3) is 4.45 Å². The molecule has 2 fully saturated rings. The second kappa shape index (κ2) is 34.2. The van der Waals surface area contributed by atoms with Crippen molar-refractivity contribution in [2.24, 2.45) is 11.8 Å². The SMILES string of the molecule is CCCCCCCCCCCCCCN(CCO)C1COC(=O)C2CCCCC2C(=O)OCC(N(CCO)CCCCCCCCCCCCCC)CC(Br)([N+](=O)[O-])C1. The van der Waals surface area contributed by atoms with Gasteiger partial charge in [-0.3, -0.25) is 29.5 Å². The van der Waals surface area contributed by atoms with Crippen LogP contribution in [0.1, 0.15) is 206 Å². The van der Waals surface area contributed by atoms with Crippen LogP contribution in [0.15, 0.2) is 0 Å². The summed E-state index contributed by atoms with van der Waals surface area (Å²) in [4.78, 5) is 44.3. The van der Waals surface area contributed by atoms with Crippen LogP contribution >= 0.6 is 15.9 Å². The first kappa shape index (κ1) is 53.8. The zero-order valence-electron chi connectivity index (χ0n) is 37.7. The average molecular weight is 903 g/mol. The van der Waals surface area contributed by atoms with Gasteiger partial charge < -0.3 is 19.7 Å². The van der Waals surface area contributed by atoms with Crippen molar-refractivity contribution < 1.29 is 34.2 Å². The highest BCUT2D eigenvalue weighted by Crippen LogP contribution is 2.37. The van der Waals surface area contributed by atoms with Crippen LogP contribution in [0.2, 0.25) is 0 Å². The summed E-state index contributed by atoms with van der Waals surface area (Å²) in [7, 11) is 0. The summed E-state index contributed by atoms with van der Waals surface area (Å²) in [5.74, 6) is -2.12. The molecule has 2 aliphatic rings. The van der Waals surface area contributed by atoms with Crippen LogP contribution in [0.3, 0.4) is 0 Å². The van der Waals surface area contributed by atoms with Crippen molar-refractivity contribution >= 4 is 27.9 Å². The van der Waals surface area contributed by atoms with Gasteiger partial charge in [0.1, 0.15) is 13.2 Å². The molecule has 4 atom stereocenters. The Kier molecular flexibility index (Phi) is 31.2. The Balaban J connectivity index is 2.15. The third-order valence-corrected chi connectivity index (χ3v) is 14.0. The number of carbonyl (C=O) groups is 2. The number of cyclic esters (lactones) is 2. The minimum absolute atomic E-state index is 0.0373. The molecule has 346 valence electrons. The number of nitrogens with zero attached hydrogens (tertiary/aromatic N) is 3. The Morgan fingerprint density at radius 3 is 1.17 bits per heavy atom. The predicted molar refractivity (Wildman–Crippen MR) is 242 cm³/mol. The highest BCUT2D eigenvalue weighted by molar-refractivity contribution is 9.10. The molecule has 12 heteroatoms. The third-order valence-electron chi connectivity index (χ3n) is 13.0. The molecule has 1 aliphatic carbocycles. The Morgan fingerprint density at radius 1 is 0.576 bits per heavy atom. The van der Waals surface area contributed by atoms with Crippen molar-refractivity contribution in [3.05, 3.63) is 10.1 Å². The maximum absolute atomic E-state index is 13.7. The quantitative estimate of drug-likeness (QED) is 0.0163. The van der Waals surface area contributed by atoms with Gasteiger partial charge in [-0.05, 0) is 38.8 Å². The number of nitro groups is 1. The molecule has 0 spiro atoms. The number of aliphatic hydroxyl groups excluding tert-OH is 2. The zero-order chi connectivity index (χ0) is 43.0. The van der Waals surface area contributed by atoms with Gasteiger partial charge in [0, 0.05) is 46.8 Å². The molecule has 0 aromatic rings. The molecular formula is C47H88BrN3O8. The van der Waals surface area contributed by atoms with Crippen LogP contribution in [-0.4, -0.2) is 106 Å². The summed E-state index contributed by atoms with van der Waals surface area (Å²) >= 11 is 3.60. The number of esters is 2. The molecular weight excluding hydrogens is 814 g/mol. The summed E-state index contributed by atoms with van der Waals surface area (Å²) in [5, 5.41) is 33.5. The Hall–Kier alpha value is -1.34. The topological polar surface area (TPSA) is 143 Å². The molecule has 1 aliphatic heterocycles. The van der Waals surface area contributed by atoms with Gasteiger partial charge in [-0.25, -0.2) is 0 Å². The maximum Gasteiger partial charge on any atom is 0.309 e. The fraction of sp³-hybridized carbons (Fsp3) is 0.957. The largest absolute Gasteiger partial charge is 0.464 e. The molecule has 1 saturated carbocycles. The van der Waals surface area contributed by atoms with E-state index in [-0.39, 0.29) is 44.2 Å². The summed E-state index contributed by atoms with van der Waals surface area (Å²) in [6, 6.07) is -1.04. The van der Waals surface area contributed by atoms with E-state index < -0.39 is 40.3 Å². The molecule has 0 aromatic carbocycles. The van der Waals surface area contributed by atoms with Crippen molar-refractivity contribution in [1.29, 1.82) is 0 Å². The van der Waals surface area contributed by atoms with Gasteiger partial charge in [-0.15, -0.1) is 0 Å². The maximum atomic E-state index is 13.7. The molecule has 4 unspecified atom stereocenters. The van der Waals surface area contributed by atoms with E-state index in [0.29, 0.717) is 39.0 Å². The number of aliphatic hydroxyl groups is 2. The number of hydrogen-bond donors (Lipinski definition) is 2. The summed E-state index contributed by atoms with van der Waals surface area (Å²) in [6.45, 7) is 6.05. The van der Waals surface area contributed by atoms with Crippen LogP contribution < -0.4 is 0 Å². The predicted octanol–water partition coefficient (Wildman–Crippen LogP) is 10.8. The lowest BCUT2D eigenvalue weighted by Gasteiger charge is -2.37. The fourth-order valence-electron chi connectivity index (χ4n) is 9.33. The third kappa shape index (κ3) is 23.1. The van der Waals surface area contributed by atoms with Gasteiger partial charge >= 0.3 is 11.9 Å². The van der Waals surface area contributed by atoms with Crippen LogP contribution in [0.5, 0.6) is 0 Å². The Morgan fingerprint density at radius 2 is 0.881 bits per heavy atom. The van der Waals surface area contributed by atoms with Crippen molar-refractivity contribution in [1.82, 2.24) is 9.80 Å². The highest BCUT2D eigenvalue weighted by atomic mass is 79.9. The number of alkyl halides is 1. The van der Waals surface area contributed by atoms with E-state index in [0.717, 1.165) is 51.4 Å². The van der Waals surface area contributed by atoms with Crippen molar-refractivity contribution in [3.63, 3.8) is 0 Å². The molecule has 2 rings (SSSR count). The molecule has 2 N–H and O–H groups in total. The van der Waals surface area contributed by atoms with E-state index >= 15 is 0 Å². The molecule has 0 bridgehead atoms. The lowest BCUT2D eigenvalue weighted by atomic mass is 9.79. The molecule has 59 heavy (non-hydrogen) atoms. The molecule has 0 amide bonds. The first-order chi connectivity index (χ1) is 28.7. The highest BCUT2D eigenvalue weighted by Gasteiger charge is 2.48. The normalized spacial score (nSPS) is 23.3. The Bertz CT molecular complexity index is 1010. The van der Waals surface area contributed by atoms with Gasteiger partial charge in [-0.1, -0.05) is 168 Å². The molecule has 0 radical (unpaired) electrons. The number of halogens is 1. The van der Waals surface area contributed by atoms with E-state index in [1.165, 1.54) is 116 Å². The van der Waals surface area contributed by atoms with Gasteiger partial charge in [0.15, 0.2) is 0 Å². The summed E-state index contributed by atoms with van der Waals surface area (Å²) < 4.78 is 10.3. The smallest absolute Gasteiger partial charge is 0.309 e. The van der Waals surface area contributed by atoms with Gasteiger partial charge in [-0.2, -0.15) is 0 Å². The fourth-order valence-corrected chi connectivity index (χ4v) is 10.1. The van der Waals surface area contributed by atoms with Crippen LogP contribution in [0.25, 0.3) is 0 Å². The minimum atomic E-state index is -1.63. The van der Waals surface area contributed by atoms with Crippen LogP contribution in [0.4, 0.5) is 0 Å². The standard InChI is InChI=1S/C47H88BrN3O8/c1-3-5-7-9-11-13-15-17-19-21-23-27-31-49(33-35-52)41-37-47(48,51(56)57)38-42(40-59-46(55)44-30-26-25-29-43(44)45(54)58-39-41)50(34-36-53)32-28-24-22-20-18-16-14-12-10-8-6-4-2/h41-44,52-53H,3-40H2,1-2H3.